The lowest BCUT2D eigenvalue weighted by atomic mass is 10.2. The molecule has 2 rings (SSSR count). The molecule has 2 aliphatic heterocycles. The van der Waals surface area contributed by atoms with Gasteiger partial charge in [0.1, 0.15) is 0 Å². The number of aliphatic carboxylic acids is 1. The van der Waals surface area contributed by atoms with Crippen LogP contribution in [0.4, 0.5) is 0 Å². The number of morpholine rings is 1. The van der Waals surface area contributed by atoms with Gasteiger partial charge in [-0.2, -0.15) is 17.0 Å². The number of carbonyl (C=O) groups is 1. The van der Waals surface area contributed by atoms with E-state index >= 15 is 0 Å². The second kappa shape index (κ2) is 5.52. The molecule has 2 fully saturated rings. The molecule has 18 heavy (non-hydrogen) atoms. The largest absolute Gasteiger partial charge is 0.479 e. The second-order valence-electron chi connectivity index (χ2n) is 4.52. The Labute approximate surface area is 106 Å². The van der Waals surface area contributed by atoms with Crippen molar-refractivity contribution in [1.82, 2.24) is 8.61 Å². The minimum atomic E-state index is -3.53. The van der Waals surface area contributed by atoms with Crippen LogP contribution in [0.3, 0.4) is 0 Å². The van der Waals surface area contributed by atoms with Crippen molar-refractivity contribution in [2.75, 3.05) is 32.8 Å². The van der Waals surface area contributed by atoms with Gasteiger partial charge < -0.3 is 9.84 Å². The standard InChI is InChI=1S/C10H18N2O5S/c13-10(14)9-8-12(6-7-17-9)18(15,16)11-4-2-1-3-5-11/h9H,1-8H2,(H,13,14). The van der Waals surface area contributed by atoms with Crippen molar-refractivity contribution in [1.29, 1.82) is 0 Å². The van der Waals surface area contributed by atoms with Crippen molar-refractivity contribution in [3.8, 4) is 0 Å². The minimum absolute atomic E-state index is 0.103. The van der Waals surface area contributed by atoms with Crippen LogP contribution in [0.2, 0.25) is 0 Å². The van der Waals surface area contributed by atoms with Crippen LogP contribution in [0, 0.1) is 0 Å². The fraction of sp³-hybridized carbons (Fsp3) is 0.900. The molecule has 2 aliphatic rings. The van der Waals surface area contributed by atoms with Gasteiger partial charge in [-0.3, -0.25) is 0 Å². The molecule has 2 saturated heterocycles. The number of carboxylic acid groups (broad SMARTS) is 1. The van der Waals surface area contributed by atoms with Crippen LogP contribution in [0.1, 0.15) is 19.3 Å². The molecule has 104 valence electrons. The van der Waals surface area contributed by atoms with Gasteiger partial charge >= 0.3 is 5.97 Å². The zero-order chi connectivity index (χ0) is 13.2. The molecule has 0 bridgehead atoms. The van der Waals surface area contributed by atoms with E-state index in [1.807, 2.05) is 0 Å². The van der Waals surface area contributed by atoms with Gasteiger partial charge in [0.2, 0.25) is 0 Å². The second-order valence-corrected chi connectivity index (χ2v) is 6.45. The Morgan fingerprint density at radius 3 is 2.39 bits per heavy atom. The third-order valence-corrected chi connectivity index (χ3v) is 5.27. The fourth-order valence-electron chi connectivity index (χ4n) is 2.24. The summed E-state index contributed by atoms with van der Waals surface area (Å²) in [6.45, 7) is 1.30. The maximum atomic E-state index is 12.3. The average molecular weight is 278 g/mol. The highest BCUT2D eigenvalue weighted by Crippen LogP contribution is 2.18. The summed E-state index contributed by atoms with van der Waals surface area (Å²) >= 11 is 0. The van der Waals surface area contributed by atoms with E-state index in [0.29, 0.717) is 13.1 Å². The molecule has 0 radical (unpaired) electrons. The van der Waals surface area contributed by atoms with Gasteiger partial charge in [0.25, 0.3) is 10.2 Å². The van der Waals surface area contributed by atoms with Crippen LogP contribution in [0.25, 0.3) is 0 Å². The summed E-state index contributed by atoms with van der Waals surface area (Å²) in [4.78, 5) is 10.8. The molecule has 1 N–H and O–H groups in total. The van der Waals surface area contributed by atoms with E-state index in [1.165, 1.54) is 8.61 Å². The summed E-state index contributed by atoms with van der Waals surface area (Å²) in [6, 6.07) is 0. The molecule has 0 aromatic carbocycles. The highest BCUT2D eigenvalue weighted by Gasteiger charge is 2.36. The third kappa shape index (κ3) is 2.82. The molecule has 0 amide bonds. The maximum Gasteiger partial charge on any atom is 0.334 e. The summed E-state index contributed by atoms with van der Waals surface area (Å²) in [5.74, 6) is -1.12. The molecule has 2 heterocycles. The van der Waals surface area contributed by atoms with Crippen molar-refractivity contribution in [2.24, 2.45) is 0 Å². The number of hydrogen-bond donors (Lipinski definition) is 1. The molecule has 1 unspecified atom stereocenters. The number of carboxylic acids is 1. The number of rotatable bonds is 3. The number of ether oxygens (including phenoxy) is 1. The van der Waals surface area contributed by atoms with Crippen molar-refractivity contribution >= 4 is 16.2 Å². The fourth-order valence-corrected chi connectivity index (χ4v) is 3.92. The lowest BCUT2D eigenvalue weighted by molar-refractivity contribution is -0.153. The van der Waals surface area contributed by atoms with Gasteiger partial charge in [0.15, 0.2) is 6.10 Å². The van der Waals surface area contributed by atoms with Crippen LogP contribution in [0.5, 0.6) is 0 Å². The van der Waals surface area contributed by atoms with Crippen molar-refractivity contribution in [3.05, 3.63) is 0 Å². The molecule has 8 heteroatoms. The van der Waals surface area contributed by atoms with Gasteiger partial charge in [0, 0.05) is 19.6 Å². The van der Waals surface area contributed by atoms with Crippen molar-refractivity contribution < 1.29 is 23.1 Å². The first-order chi connectivity index (χ1) is 8.51. The van der Waals surface area contributed by atoms with E-state index in [-0.39, 0.29) is 19.7 Å². The van der Waals surface area contributed by atoms with Crippen molar-refractivity contribution in [3.63, 3.8) is 0 Å². The minimum Gasteiger partial charge on any atom is -0.479 e. The van der Waals surface area contributed by atoms with Gasteiger partial charge in [-0.05, 0) is 12.8 Å². The van der Waals surface area contributed by atoms with Crippen molar-refractivity contribution in [2.45, 2.75) is 25.4 Å². The summed E-state index contributed by atoms with van der Waals surface area (Å²) < 4.78 is 32.3. The first-order valence-electron chi connectivity index (χ1n) is 6.11. The van der Waals surface area contributed by atoms with E-state index in [4.69, 9.17) is 9.84 Å². The summed E-state index contributed by atoms with van der Waals surface area (Å²) in [5, 5.41) is 8.87. The Bertz CT molecular complexity index is 404. The first-order valence-corrected chi connectivity index (χ1v) is 7.51. The molecular formula is C10H18N2O5S. The Kier molecular flexibility index (Phi) is 4.21. The lowest BCUT2D eigenvalue weighted by Crippen LogP contribution is -2.53. The molecule has 7 nitrogen and oxygen atoms in total. The quantitative estimate of drug-likeness (QED) is 0.752. The van der Waals surface area contributed by atoms with Gasteiger partial charge in [-0.25, -0.2) is 4.79 Å². The van der Waals surface area contributed by atoms with Crippen LogP contribution in [0.15, 0.2) is 0 Å². The Morgan fingerprint density at radius 2 is 1.78 bits per heavy atom. The first kappa shape index (κ1) is 13.7. The number of nitrogens with zero attached hydrogens (tertiary/aromatic N) is 2. The van der Waals surface area contributed by atoms with Crippen LogP contribution in [-0.2, 0) is 19.7 Å². The van der Waals surface area contributed by atoms with E-state index in [2.05, 4.69) is 0 Å². The number of piperidine rings is 1. The normalized spacial score (nSPS) is 28.1. The predicted octanol–water partition coefficient (Wildman–Crippen LogP) is -0.497. The third-order valence-electron chi connectivity index (χ3n) is 3.27. The summed E-state index contributed by atoms with van der Waals surface area (Å²) in [6.07, 6.45) is 1.73. The Balaban J connectivity index is 2.06. The molecule has 0 aromatic rings. The zero-order valence-corrected chi connectivity index (χ0v) is 10.9. The molecule has 0 aliphatic carbocycles. The molecule has 0 spiro atoms. The molecule has 0 saturated carbocycles. The van der Waals surface area contributed by atoms with Crippen LogP contribution < -0.4 is 0 Å². The van der Waals surface area contributed by atoms with Crippen LogP contribution >= 0.6 is 0 Å². The molecule has 1 atom stereocenters. The van der Waals surface area contributed by atoms with Gasteiger partial charge in [0.05, 0.1) is 13.2 Å². The maximum absolute atomic E-state index is 12.3. The lowest BCUT2D eigenvalue weighted by Gasteiger charge is -2.35. The highest BCUT2D eigenvalue weighted by molar-refractivity contribution is 7.86. The van der Waals surface area contributed by atoms with Crippen LogP contribution in [-0.4, -0.2) is 67.0 Å². The van der Waals surface area contributed by atoms with E-state index in [0.717, 1.165) is 19.3 Å². The molecule has 0 aromatic heterocycles. The van der Waals surface area contributed by atoms with E-state index in [1.54, 1.807) is 0 Å². The van der Waals surface area contributed by atoms with Gasteiger partial charge in [-0.1, -0.05) is 6.42 Å². The SMILES string of the molecule is O=C(O)C1CN(S(=O)(=O)N2CCCCC2)CCO1. The smallest absolute Gasteiger partial charge is 0.334 e. The van der Waals surface area contributed by atoms with E-state index in [9.17, 15) is 13.2 Å². The Hall–Kier alpha value is -0.700. The topological polar surface area (TPSA) is 87.2 Å². The van der Waals surface area contributed by atoms with Gasteiger partial charge in [-0.15, -0.1) is 0 Å². The van der Waals surface area contributed by atoms with E-state index < -0.39 is 22.3 Å². The summed E-state index contributed by atoms with van der Waals surface area (Å²) in [5.41, 5.74) is 0. The Morgan fingerprint density at radius 1 is 1.11 bits per heavy atom. The predicted molar refractivity (Wildman–Crippen MR) is 63.3 cm³/mol. The highest BCUT2D eigenvalue weighted by atomic mass is 32.2. The zero-order valence-electron chi connectivity index (χ0n) is 10.1. The average Bonchev–Trinajstić information content (AvgIpc) is 2.40. The number of hydrogen-bond acceptors (Lipinski definition) is 4. The monoisotopic (exact) mass is 278 g/mol. The summed E-state index contributed by atoms with van der Waals surface area (Å²) in [7, 11) is -3.53. The molecular weight excluding hydrogens is 260 g/mol.